The van der Waals surface area contributed by atoms with Crippen molar-refractivity contribution >= 4 is 11.8 Å². The van der Waals surface area contributed by atoms with Crippen molar-refractivity contribution in [2.24, 2.45) is 0 Å². The van der Waals surface area contributed by atoms with Gasteiger partial charge in [-0.25, -0.2) is 0 Å². The van der Waals surface area contributed by atoms with Crippen molar-refractivity contribution in [3.8, 4) is 0 Å². The van der Waals surface area contributed by atoms with Crippen LogP contribution in [0.15, 0.2) is 0 Å². The highest BCUT2D eigenvalue weighted by Crippen LogP contribution is 2.14. The number of nitrogens with zero attached hydrogens (tertiary/aromatic N) is 2. The first-order valence-corrected chi connectivity index (χ1v) is 4.73. The zero-order valence-corrected chi connectivity index (χ0v) is 7.77. The van der Waals surface area contributed by atoms with Crippen LogP contribution in [0, 0.1) is 0 Å². The largest absolute Gasteiger partial charge is 0.272 e. The highest BCUT2D eigenvalue weighted by atomic mass is 17.3. The SMILES string of the molecule is O=C1CCCN1OON1CCCC1=O. The molecule has 78 valence electrons. The molecular formula is C8H12N2O4. The van der Waals surface area contributed by atoms with Crippen LogP contribution in [-0.2, 0) is 19.6 Å². The standard InChI is InChI=1S/C8H12N2O4/c11-7-3-1-5-9(7)13-14-10-6-2-4-8(10)12/h1-6H2. The molecule has 6 nitrogen and oxygen atoms in total. The predicted molar refractivity (Wildman–Crippen MR) is 44.1 cm³/mol. The molecule has 0 spiro atoms. The van der Waals surface area contributed by atoms with Gasteiger partial charge in [-0.15, -0.1) is 0 Å². The summed E-state index contributed by atoms with van der Waals surface area (Å²) in [5.74, 6) is -0.201. The number of hydrogen-bond donors (Lipinski definition) is 0. The zero-order valence-electron chi connectivity index (χ0n) is 7.77. The van der Waals surface area contributed by atoms with E-state index >= 15 is 0 Å². The van der Waals surface area contributed by atoms with Crippen molar-refractivity contribution in [3.05, 3.63) is 0 Å². The summed E-state index contributed by atoms with van der Waals surface area (Å²) in [5.41, 5.74) is 0. The molecule has 0 aromatic carbocycles. The molecule has 0 atom stereocenters. The van der Waals surface area contributed by atoms with Gasteiger partial charge in [0, 0.05) is 12.8 Å². The van der Waals surface area contributed by atoms with Gasteiger partial charge < -0.3 is 0 Å². The van der Waals surface area contributed by atoms with Crippen LogP contribution in [0.2, 0.25) is 0 Å². The maximum absolute atomic E-state index is 11.1. The summed E-state index contributed by atoms with van der Waals surface area (Å²) < 4.78 is 0. The van der Waals surface area contributed by atoms with Crippen molar-refractivity contribution in [3.63, 3.8) is 0 Å². The van der Waals surface area contributed by atoms with Crippen molar-refractivity contribution in [1.82, 2.24) is 10.1 Å². The van der Waals surface area contributed by atoms with Gasteiger partial charge in [0.2, 0.25) is 11.8 Å². The molecule has 2 amide bonds. The molecule has 2 fully saturated rings. The van der Waals surface area contributed by atoms with Crippen LogP contribution < -0.4 is 0 Å². The summed E-state index contributed by atoms with van der Waals surface area (Å²) >= 11 is 0. The molecule has 2 rings (SSSR count). The van der Waals surface area contributed by atoms with Gasteiger partial charge in [-0.3, -0.25) is 9.59 Å². The third-order valence-electron chi connectivity index (χ3n) is 2.27. The number of carbonyl (C=O) groups excluding carboxylic acids is 2. The summed E-state index contributed by atoms with van der Waals surface area (Å²) in [7, 11) is 0. The Labute approximate surface area is 81.2 Å². The van der Waals surface area contributed by atoms with Crippen LogP contribution in [0.3, 0.4) is 0 Å². The molecule has 0 radical (unpaired) electrons. The van der Waals surface area contributed by atoms with Gasteiger partial charge in [-0.05, 0) is 12.8 Å². The summed E-state index contributed by atoms with van der Waals surface area (Å²) in [4.78, 5) is 31.7. The molecule has 0 aromatic heterocycles. The monoisotopic (exact) mass is 200 g/mol. The Morgan fingerprint density at radius 3 is 1.57 bits per heavy atom. The third kappa shape index (κ3) is 1.85. The maximum atomic E-state index is 11.1. The molecule has 2 aliphatic rings. The van der Waals surface area contributed by atoms with E-state index in [1.54, 1.807) is 0 Å². The van der Waals surface area contributed by atoms with Crippen LogP contribution in [-0.4, -0.2) is 35.0 Å². The number of hydrogen-bond acceptors (Lipinski definition) is 4. The van der Waals surface area contributed by atoms with E-state index in [-0.39, 0.29) is 11.8 Å². The van der Waals surface area contributed by atoms with E-state index in [1.165, 1.54) is 0 Å². The van der Waals surface area contributed by atoms with Crippen molar-refractivity contribution in [1.29, 1.82) is 0 Å². The molecular weight excluding hydrogens is 188 g/mol. The first kappa shape index (κ1) is 9.42. The van der Waals surface area contributed by atoms with Crippen LogP contribution in [0.1, 0.15) is 25.7 Å². The molecule has 0 unspecified atom stereocenters. The number of rotatable bonds is 3. The van der Waals surface area contributed by atoms with E-state index in [2.05, 4.69) is 0 Å². The van der Waals surface area contributed by atoms with Gasteiger partial charge in [0.25, 0.3) is 0 Å². The molecule has 0 saturated carbocycles. The molecule has 14 heavy (non-hydrogen) atoms. The molecule has 0 bridgehead atoms. The van der Waals surface area contributed by atoms with Crippen molar-refractivity contribution in [2.75, 3.05) is 13.1 Å². The lowest BCUT2D eigenvalue weighted by molar-refractivity contribution is -0.485. The van der Waals surface area contributed by atoms with E-state index in [0.717, 1.165) is 23.0 Å². The minimum Gasteiger partial charge on any atom is -0.272 e. The van der Waals surface area contributed by atoms with Gasteiger partial charge in [0.05, 0.1) is 13.1 Å². The van der Waals surface area contributed by atoms with Gasteiger partial charge in [-0.1, -0.05) is 9.98 Å². The van der Waals surface area contributed by atoms with Gasteiger partial charge in [-0.2, -0.15) is 10.1 Å². The second-order valence-electron chi connectivity index (χ2n) is 3.35. The fourth-order valence-electron chi connectivity index (χ4n) is 1.48. The summed E-state index contributed by atoms with van der Waals surface area (Å²) in [6.45, 7) is 1.06. The number of carbonyl (C=O) groups is 2. The highest BCUT2D eigenvalue weighted by Gasteiger charge is 2.26. The normalized spacial score (nSPS) is 22.6. The number of amides is 2. The highest BCUT2D eigenvalue weighted by molar-refractivity contribution is 5.77. The summed E-state index contributed by atoms with van der Waals surface area (Å²) in [6.07, 6.45) is 2.51. The predicted octanol–water partition coefficient (Wildman–Crippen LogP) is 0.00940. The van der Waals surface area contributed by atoms with Gasteiger partial charge in [0.15, 0.2) is 0 Å². The average molecular weight is 200 g/mol. The lowest BCUT2D eigenvalue weighted by Crippen LogP contribution is -2.32. The maximum Gasteiger partial charge on any atom is 0.248 e. The minimum absolute atomic E-state index is 0.100. The quantitative estimate of drug-likeness (QED) is 0.475. The Morgan fingerprint density at radius 1 is 0.857 bits per heavy atom. The van der Waals surface area contributed by atoms with E-state index in [9.17, 15) is 9.59 Å². The first-order valence-electron chi connectivity index (χ1n) is 4.73. The topological polar surface area (TPSA) is 59.1 Å². The molecule has 0 aliphatic carbocycles. The van der Waals surface area contributed by atoms with Gasteiger partial charge >= 0.3 is 0 Å². The van der Waals surface area contributed by atoms with E-state index in [0.29, 0.717) is 25.9 Å². The lowest BCUT2D eigenvalue weighted by atomic mass is 10.4. The van der Waals surface area contributed by atoms with Crippen LogP contribution in [0.4, 0.5) is 0 Å². The smallest absolute Gasteiger partial charge is 0.248 e. The van der Waals surface area contributed by atoms with Crippen molar-refractivity contribution in [2.45, 2.75) is 25.7 Å². The van der Waals surface area contributed by atoms with Crippen LogP contribution >= 0.6 is 0 Å². The summed E-state index contributed by atoms with van der Waals surface area (Å²) in [5, 5.41) is 2.29. The van der Waals surface area contributed by atoms with Crippen LogP contribution in [0.25, 0.3) is 0 Å². The van der Waals surface area contributed by atoms with Crippen LogP contribution in [0.5, 0.6) is 0 Å². The van der Waals surface area contributed by atoms with E-state index in [4.69, 9.17) is 9.98 Å². The number of hydroxylamine groups is 4. The fraction of sp³-hybridized carbons (Fsp3) is 0.750. The first-order chi connectivity index (χ1) is 6.77. The Hall–Kier alpha value is -1.14. The fourth-order valence-corrected chi connectivity index (χ4v) is 1.48. The Morgan fingerprint density at radius 2 is 1.29 bits per heavy atom. The minimum atomic E-state index is -0.100. The molecule has 2 heterocycles. The van der Waals surface area contributed by atoms with Gasteiger partial charge in [0.1, 0.15) is 0 Å². The third-order valence-corrected chi connectivity index (χ3v) is 2.27. The van der Waals surface area contributed by atoms with E-state index < -0.39 is 0 Å². The lowest BCUT2D eigenvalue weighted by Gasteiger charge is -2.17. The average Bonchev–Trinajstić information content (AvgIpc) is 2.72. The Kier molecular flexibility index (Phi) is 2.64. The Balaban J connectivity index is 1.76. The zero-order chi connectivity index (χ0) is 9.97. The van der Waals surface area contributed by atoms with E-state index in [1.807, 2.05) is 0 Å². The molecule has 0 aromatic rings. The summed E-state index contributed by atoms with van der Waals surface area (Å²) in [6, 6.07) is 0. The second-order valence-corrected chi connectivity index (χ2v) is 3.35. The van der Waals surface area contributed by atoms with Crippen molar-refractivity contribution < 1.29 is 19.6 Å². The second kappa shape index (κ2) is 3.93. The Bertz CT molecular complexity index is 230. The molecule has 2 saturated heterocycles. The molecule has 6 heteroatoms. The molecule has 2 aliphatic heterocycles. The molecule has 0 N–H and O–H groups in total.